The molecule has 1 fully saturated rings. The van der Waals surface area contributed by atoms with Gasteiger partial charge in [0.1, 0.15) is 5.82 Å². The summed E-state index contributed by atoms with van der Waals surface area (Å²) in [6.45, 7) is -0.205. The Morgan fingerprint density at radius 1 is 1.44 bits per heavy atom. The SMILES string of the molecule is O=C(O)C1(c2cc(CO)ccc2F)CCC1. The largest absolute Gasteiger partial charge is 0.481 e. The Bertz CT molecular complexity index is 424. The molecule has 2 N–H and O–H groups in total. The average molecular weight is 224 g/mol. The maximum atomic E-state index is 13.6. The highest BCUT2D eigenvalue weighted by Crippen LogP contribution is 2.45. The van der Waals surface area contributed by atoms with Gasteiger partial charge >= 0.3 is 5.97 Å². The van der Waals surface area contributed by atoms with Gasteiger partial charge in [-0.25, -0.2) is 4.39 Å². The van der Waals surface area contributed by atoms with Gasteiger partial charge in [-0.1, -0.05) is 12.5 Å². The molecule has 0 saturated heterocycles. The number of hydrogen-bond acceptors (Lipinski definition) is 2. The smallest absolute Gasteiger partial charge is 0.314 e. The van der Waals surface area contributed by atoms with Gasteiger partial charge in [0, 0.05) is 5.56 Å². The molecule has 0 atom stereocenters. The Labute approximate surface area is 92.5 Å². The van der Waals surface area contributed by atoms with Crippen molar-refractivity contribution in [1.29, 1.82) is 0 Å². The van der Waals surface area contributed by atoms with Gasteiger partial charge in [-0.05, 0) is 30.5 Å². The zero-order valence-corrected chi connectivity index (χ0v) is 8.74. The molecule has 2 rings (SSSR count). The monoisotopic (exact) mass is 224 g/mol. The number of rotatable bonds is 3. The van der Waals surface area contributed by atoms with Gasteiger partial charge in [-0.2, -0.15) is 0 Å². The molecule has 0 spiro atoms. The van der Waals surface area contributed by atoms with Crippen molar-refractivity contribution in [2.24, 2.45) is 0 Å². The van der Waals surface area contributed by atoms with E-state index in [0.717, 1.165) is 6.42 Å². The number of carboxylic acids is 1. The van der Waals surface area contributed by atoms with Gasteiger partial charge in [0.15, 0.2) is 0 Å². The standard InChI is InChI=1S/C12H13FO3/c13-10-3-2-8(7-14)6-9(10)12(11(15)16)4-1-5-12/h2-3,6,14H,1,4-5,7H2,(H,15,16). The Morgan fingerprint density at radius 3 is 2.56 bits per heavy atom. The van der Waals surface area contributed by atoms with Crippen LogP contribution in [0, 0.1) is 5.82 Å². The molecule has 4 heteroatoms. The fourth-order valence-corrected chi connectivity index (χ4v) is 2.17. The summed E-state index contributed by atoms with van der Waals surface area (Å²) in [5, 5.41) is 18.2. The van der Waals surface area contributed by atoms with Crippen molar-refractivity contribution in [3.63, 3.8) is 0 Å². The Hall–Kier alpha value is -1.42. The van der Waals surface area contributed by atoms with Crippen LogP contribution in [0.2, 0.25) is 0 Å². The fourth-order valence-electron chi connectivity index (χ4n) is 2.17. The van der Waals surface area contributed by atoms with Crippen molar-refractivity contribution in [3.8, 4) is 0 Å². The molecule has 3 nitrogen and oxygen atoms in total. The second kappa shape index (κ2) is 3.87. The van der Waals surface area contributed by atoms with E-state index in [1.807, 2.05) is 0 Å². The summed E-state index contributed by atoms with van der Waals surface area (Å²) in [6.07, 6.45) is 1.73. The molecule has 1 aliphatic rings. The van der Waals surface area contributed by atoms with E-state index in [2.05, 4.69) is 0 Å². The molecule has 1 aromatic carbocycles. The molecule has 0 aliphatic heterocycles. The Kier molecular flexibility index (Phi) is 2.68. The highest BCUT2D eigenvalue weighted by atomic mass is 19.1. The minimum absolute atomic E-state index is 0.205. The molecule has 1 saturated carbocycles. The van der Waals surface area contributed by atoms with E-state index in [1.54, 1.807) is 0 Å². The van der Waals surface area contributed by atoms with Crippen molar-refractivity contribution in [2.75, 3.05) is 0 Å². The zero-order chi connectivity index (χ0) is 11.8. The van der Waals surface area contributed by atoms with Crippen molar-refractivity contribution >= 4 is 5.97 Å². The highest BCUT2D eigenvalue weighted by Gasteiger charge is 2.47. The van der Waals surface area contributed by atoms with Gasteiger partial charge in [-0.3, -0.25) is 4.79 Å². The maximum Gasteiger partial charge on any atom is 0.314 e. The van der Waals surface area contributed by atoms with Crippen molar-refractivity contribution in [1.82, 2.24) is 0 Å². The van der Waals surface area contributed by atoms with Crippen LogP contribution in [-0.2, 0) is 16.8 Å². The molecule has 16 heavy (non-hydrogen) atoms. The van der Waals surface area contributed by atoms with Gasteiger partial charge in [0.25, 0.3) is 0 Å². The third-order valence-electron chi connectivity index (χ3n) is 3.35. The van der Waals surface area contributed by atoms with E-state index in [1.165, 1.54) is 18.2 Å². The summed E-state index contributed by atoms with van der Waals surface area (Å²) in [4.78, 5) is 11.2. The quantitative estimate of drug-likeness (QED) is 0.823. The van der Waals surface area contributed by atoms with Gasteiger partial charge < -0.3 is 10.2 Å². The summed E-state index contributed by atoms with van der Waals surface area (Å²) >= 11 is 0. The average Bonchev–Trinajstić information content (AvgIpc) is 2.18. The molecule has 0 bridgehead atoms. The summed E-state index contributed by atoms with van der Waals surface area (Å²) in [5.41, 5.74) is -0.323. The zero-order valence-electron chi connectivity index (χ0n) is 8.74. The van der Waals surface area contributed by atoms with Crippen LogP contribution in [-0.4, -0.2) is 16.2 Å². The van der Waals surface area contributed by atoms with Crippen LogP contribution in [0.4, 0.5) is 4.39 Å². The topological polar surface area (TPSA) is 57.5 Å². The second-order valence-electron chi connectivity index (χ2n) is 4.21. The van der Waals surface area contributed by atoms with Crippen LogP contribution in [0.25, 0.3) is 0 Å². The van der Waals surface area contributed by atoms with Crippen LogP contribution < -0.4 is 0 Å². The van der Waals surface area contributed by atoms with E-state index < -0.39 is 17.2 Å². The van der Waals surface area contributed by atoms with E-state index >= 15 is 0 Å². The van der Waals surface area contributed by atoms with E-state index in [0.29, 0.717) is 18.4 Å². The molecule has 1 aliphatic carbocycles. The van der Waals surface area contributed by atoms with Crippen LogP contribution in [0.3, 0.4) is 0 Å². The lowest BCUT2D eigenvalue weighted by Crippen LogP contribution is -2.43. The molecule has 0 radical (unpaired) electrons. The number of carboxylic acid groups (broad SMARTS) is 1. The van der Waals surface area contributed by atoms with Crippen molar-refractivity contribution < 1.29 is 19.4 Å². The molecule has 86 valence electrons. The summed E-state index contributed by atoms with van der Waals surface area (Å²) in [7, 11) is 0. The highest BCUT2D eigenvalue weighted by molar-refractivity contribution is 5.82. The van der Waals surface area contributed by atoms with Gasteiger partial charge in [0.2, 0.25) is 0 Å². The van der Waals surface area contributed by atoms with Gasteiger partial charge in [-0.15, -0.1) is 0 Å². The normalized spacial score (nSPS) is 17.9. The molecule has 0 unspecified atom stereocenters. The third-order valence-corrected chi connectivity index (χ3v) is 3.35. The first-order chi connectivity index (χ1) is 7.60. The lowest BCUT2D eigenvalue weighted by molar-refractivity contribution is -0.147. The minimum Gasteiger partial charge on any atom is -0.481 e. The first kappa shape index (κ1) is 11.1. The number of halogens is 1. The van der Waals surface area contributed by atoms with Crippen molar-refractivity contribution in [3.05, 3.63) is 35.1 Å². The third kappa shape index (κ3) is 1.50. The van der Waals surface area contributed by atoms with Crippen LogP contribution >= 0.6 is 0 Å². The lowest BCUT2D eigenvalue weighted by atomic mass is 9.64. The molecular weight excluding hydrogens is 211 g/mol. The van der Waals surface area contributed by atoms with Crippen LogP contribution in [0.1, 0.15) is 30.4 Å². The first-order valence-corrected chi connectivity index (χ1v) is 5.23. The van der Waals surface area contributed by atoms with Crippen molar-refractivity contribution in [2.45, 2.75) is 31.3 Å². The summed E-state index contributed by atoms with van der Waals surface area (Å²) in [5.74, 6) is -1.48. The molecule has 0 heterocycles. The molecule has 0 amide bonds. The fraction of sp³-hybridized carbons (Fsp3) is 0.417. The van der Waals surface area contributed by atoms with E-state index in [9.17, 15) is 14.3 Å². The number of hydrogen-bond donors (Lipinski definition) is 2. The summed E-state index contributed by atoms with van der Waals surface area (Å²) < 4.78 is 13.6. The number of aliphatic hydroxyl groups is 1. The number of aliphatic carboxylic acids is 1. The second-order valence-corrected chi connectivity index (χ2v) is 4.21. The van der Waals surface area contributed by atoms with Crippen LogP contribution in [0.5, 0.6) is 0 Å². The molecule has 0 aromatic heterocycles. The van der Waals surface area contributed by atoms with E-state index in [4.69, 9.17) is 5.11 Å². The lowest BCUT2D eigenvalue weighted by Gasteiger charge is -2.38. The minimum atomic E-state index is -1.07. The number of benzene rings is 1. The Morgan fingerprint density at radius 2 is 2.12 bits per heavy atom. The maximum absolute atomic E-state index is 13.6. The number of carbonyl (C=O) groups is 1. The predicted octanol–water partition coefficient (Wildman–Crippen LogP) is 1.82. The van der Waals surface area contributed by atoms with Gasteiger partial charge in [0.05, 0.1) is 12.0 Å². The van der Waals surface area contributed by atoms with E-state index in [-0.39, 0.29) is 12.2 Å². The Balaban J connectivity index is 2.49. The van der Waals surface area contributed by atoms with Crippen LogP contribution in [0.15, 0.2) is 18.2 Å². The summed E-state index contributed by atoms with van der Waals surface area (Å²) in [6, 6.07) is 4.15. The number of aliphatic hydroxyl groups excluding tert-OH is 1. The predicted molar refractivity (Wildman–Crippen MR) is 55.5 cm³/mol. The molecular formula is C12H13FO3. The first-order valence-electron chi connectivity index (χ1n) is 5.23. The molecule has 1 aromatic rings.